The molecule has 0 spiro atoms. The van der Waals surface area contributed by atoms with Gasteiger partial charge in [-0.15, -0.1) is 0 Å². The van der Waals surface area contributed by atoms with E-state index < -0.39 is 0 Å². The van der Waals surface area contributed by atoms with Crippen LogP contribution in [0.5, 0.6) is 0 Å². The Bertz CT molecular complexity index is 1180. The van der Waals surface area contributed by atoms with Crippen molar-refractivity contribution in [2.45, 2.75) is 41.5 Å². The van der Waals surface area contributed by atoms with E-state index in [2.05, 4.69) is 4.99 Å². The Labute approximate surface area is 225 Å². The Balaban J connectivity index is 0.000000257. The molecule has 0 aromatic heterocycles. The van der Waals surface area contributed by atoms with Gasteiger partial charge >= 0.3 is 0 Å². The number of nitrogens with two attached hydrogens (primary N) is 2. The lowest BCUT2D eigenvalue weighted by molar-refractivity contribution is 0.565. The molecule has 0 saturated heterocycles. The van der Waals surface area contributed by atoms with Crippen molar-refractivity contribution in [3.05, 3.63) is 82.8 Å². The molecule has 3 rings (SSSR count). The maximum atomic E-state index is 10.1. The average molecular weight is 562 g/mol. The molecule has 3 aromatic rings. The van der Waals surface area contributed by atoms with Gasteiger partial charge in [-0.3, -0.25) is 0 Å². The van der Waals surface area contributed by atoms with Crippen molar-refractivity contribution in [3.8, 4) is 0 Å². The average Bonchev–Trinajstić information content (AvgIpc) is 2.77. The fourth-order valence-electron chi connectivity index (χ4n) is 2.86. The zero-order chi connectivity index (χ0) is 26.3. The van der Waals surface area contributed by atoms with E-state index in [0.717, 1.165) is 44.1 Å². The summed E-state index contributed by atoms with van der Waals surface area (Å²) in [7, 11) is 0. The fraction of sp³-hybridized carbons (Fsp3) is 0.240. The number of aryl methyl sites for hydroxylation is 6. The Morgan fingerprint density at radius 1 is 0.618 bits per heavy atom. The Kier molecular flexibility index (Phi) is 11.7. The van der Waals surface area contributed by atoms with Crippen molar-refractivity contribution in [1.82, 2.24) is 0 Å². The van der Waals surface area contributed by atoms with Gasteiger partial charge in [-0.25, -0.2) is 4.79 Å². The predicted molar refractivity (Wildman–Crippen MR) is 149 cm³/mol. The molecule has 182 valence electrons. The molecule has 4 N–H and O–H groups in total. The Morgan fingerprint density at radius 2 is 1.09 bits per heavy atom. The van der Waals surface area contributed by atoms with Gasteiger partial charge in [-0.2, -0.15) is 4.99 Å². The van der Waals surface area contributed by atoms with Crippen LogP contribution >= 0.6 is 58.0 Å². The van der Waals surface area contributed by atoms with Crippen LogP contribution in [0.15, 0.2) is 29.3 Å². The van der Waals surface area contributed by atoms with Crippen LogP contribution in [-0.4, -0.2) is 6.08 Å². The van der Waals surface area contributed by atoms with E-state index >= 15 is 0 Å². The van der Waals surface area contributed by atoms with Gasteiger partial charge in [0.05, 0.1) is 31.5 Å². The molecule has 9 heteroatoms. The Morgan fingerprint density at radius 3 is 1.59 bits per heavy atom. The molecule has 0 radical (unpaired) electrons. The minimum Gasteiger partial charge on any atom is -0.398 e. The molecule has 0 aliphatic carbocycles. The van der Waals surface area contributed by atoms with Crippen molar-refractivity contribution in [3.63, 3.8) is 0 Å². The van der Waals surface area contributed by atoms with Crippen molar-refractivity contribution in [2.24, 2.45) is 4.99 Å². The second-order valence-electron chi connectivity index (χ2n) is 7.70. The number of benzene rings is 3. The lowest BCUT2D eigenvalue weighted by Crippen LogP contribution is -1.92. The highest BCUT2D eigenvalue weighted by atomic mass is 35.5. The third-order valence-electron chi connectivity index (χ3n) is 4.89. The second-order valence-corrected chi connectivity index (χ2v) is 9.62. The Hall–Kier alpha value is -1.91. The monoisotopic (exact) mass is 559 g/mol. The predicted octanol–water partition coefficient (Wildman–Crippen LogP) is 9.31. The first kappa shape index (κ1) is 30.1. The normalized spacial score (nSPS) is 9.85. The SMILES string of the molecule is Cc1cc(C)c(Cl)c(Cl)c1N.Cc1cc(C)c(Cl)cc1N.Cc1cc(C)c(N=C=O)c(Cl)c1Cl. The number of hydrogen-bond acceptors (Lipinski definition) is 4. The summed E-state index contributed by atoms with van der Waals surface area (Å²) in [5, 5.41) is 2.49. The summed E-state index contributed by atoms with van der Waals surface area (Å²) < 4.78 is 0. The van der Waals surface area contributed by atoms with Crippen LogP contribution in [0.3, 0.4) is 0 Å². The van der Waals surface area contributed by atoms with Crippen LogP contribution in [0.4, 0.5) is 17.1 Å². The van der Waals surface area contributed by atoms with Gasteiger partial charge < -0.3 is 11.5 Å². The van der Waals surface area contributed by atoms with Crippen LogP contribution < -0.4 is 11.5 Å². The summed E-state index contributed by atoms with van der Waals surface area (Å²) >= 11 is 29.2. The number of nitrogens with zero attached hydrogens (tertiary/aromatic N) is 1. The highest BCUT2D eigenvalue weighted by Gasteiger charge is 2.10. The van der Waals surface area contributed by atoms with Crippen LogP contribution in [-0.2, 0) is 4.79 Å². The van der Waals surface area contributed by atoms with Gasteiger partial charge in [0.25, 0.3) is 0 Å². The van der Waals surface area contributed by atoms with Gasteiger partial charge in [0.1, 0.15) is 0 Å². The number of hydrogen-bond donors (Lipinski definition) is 2. The minimum absolute atomic E-state index is 0.308. The first-order valence-electron chi connectivity index (χ1n) is 9.98. The van der Waals surface area contributed by atoms with Crippen molar-refractivity contribution < 1.29 is 4.79 Å². The van der Waals surface area contributed by atoms with Crippen molar-refractivity contribution in [2.75, 3.05) is 11.5 Å². The van der Waals surface area contributed by atoms with E-state index in [9.17, 15) is 4.79 Å². The second kappa shape index (κ2) is 13.3. The van der Waals surface area contributed by atoms with E-state index in [-0.39, 0.29) is 0 Å². The quantitative estimate of drug-likeness (QED) is 0.176. The highest BCUT2D eigenvalue weighted by molar-refractivity contribution is 6.44. The molecular formula is C25H26Cl5N3O. The molecule has 0 saturated carbocycles. The van der Waals surface area contributed by atoms with Crippen LogP contribution in [0.2, 0.25) is 25.1 Å². The molecule has 0 aliphatic rings. The molecule has 0 amide bonds. The molecule has 0 bridgehead atoms. The molecule has 0 unspecified atom stereocenters. The minimum atomic E-state index is 0.308. The topological polar surface area (TPSA) is 81.5 Å². The fourth-order valence-corrected chi connectivity index (χ4v) is 3.97. The maximum Gasteiger partial charge on any atom is 0.240 e. The highest BCUT2D eigenvalue weighted by Crippen LogP contribution is 2.37. The van der Waals surface area contributed by atoms with Gasteiger partial charge in [-0.05, 0) is 81.0 Å². The number of nitrogen functional groups attached to an aromatic ring is 2. The first-order chi connectivity index (χ1) is 15.7. The third kappa shape index (κ3) is 7.81. The summed E-state index contributed by atoms with van der Waals surface area (Å²) in [6.45, 7) is 11.4. The van der Waals surface area contributed by atoms with Crippen LogP contribution in [0, 0.1) is 41.5 Å². The molecule has 0 atom stereocenters. The van der Waals surface area contributed by atoms with Crippen molar-refractivity contribution in [1.29, 1.82) is 0 Å². The number of aliphatic imine (C=N–C) groups is 1. The molecule has 0 fully saturated rings. The lowest BCUT2D eigenvalue weighted by atomic mass is 10.1. The van der Waals surface area contributed by atoms with E-state index in [0.29, 0.717) is 31.5 Å². The zero-order valence-electron chi connectivity index (χ0n) is 19.7. The summed E-state index contributed by atoms with van der Waals surface area (Å²) in [5.74, 6) is 0. The summed E-state index contributed by atoms with van der Waals surface area (Å²) in [4.78, 5) is 13.6. The van der Waals surface area contributed by atoms with Gasteiger partial charge in [0, 0.05) is 10.7 Å². The number of anilines is 2. The summed E-state index contributed by atoms with van der Waals surface area (Å²) in [6, 6.07) is 7.51. The molecule has 4 nitrogen and oxygen atoms in total. The largest absolute Gasteiger partial charge is 0.398 e. The van der Waals surface area contributed by atoms with Crippen LogP contribution in [0.25, 0.3) is 0 Å². The number of halogens is 5. The van der Waals surface area contributed by atoms with E-state index in [4.69, 9.17) is 69.5 Å². The van der Waals surface area contributed by atoms with E-state index in [1.807, 2.05) is 59.7 Å². The van der Waals surface area contributed by atoms with Gasteiger partial charge in [-0.1, -0.05) is 76.2 Å². The molecule has 3 aromatic carbocycles. The summed E-state index contributed by atoms with van der Waals surface area (Å²) in [6.07, 6.45) is 1.44. The van der Waals surface area contributed by atoms with Gasteiger partial charge in [0.15, 0.2) is 0 Å². The van der Waals surface area contributed by atoms with Crippen LogP contribution in [0.1, 0.15) is 33.4 Å². The summed E-state index contributed by atoms with van der Waals surface area (Å²) in [5.41, 5.74) is 18.7. The molecule has 0 heterocycles. The number of rotatable bonds is 1. The van der Waals surface area contributed by atoms with E-state index in [1.54, 1.807) is 6.07 Å². The lowest BCUT2D eigenvalue weighted by Gasteiger charge is -2.06. The number of carbonyl (C=O) groups excluding carboxylic acids is 1. The smallest absolute Gasteiger partial charge is 0.240 e. The van der Waals surface area contributed by atoms with Gasteiger partial charge in [0.2, 0.25) is 6.08 Å². The molecular weight excluding hydrogens is 536 g/mol. The standard InChI is InChI=1S/C9H7Cl2NO.C8H9Cl2N.C8H10ClN/c1-5-3-6(2)9(12-4-13)8(11)7(5)10;1-4-3-5(2)8(11)7(10)6(4)9;1-5-3-6(2)8(10)4-7(5)9/h3H,1-2H3;3H,11H2,1-2H3;3-4H,10H2,1-2H3. The number of isocyanates is 1. The first-order valence-corrected chi connectivity index (χ1v) is 11.9. The zero-order valence-corrected chi connectivity index (χ0v) is 23.5. The van der Waals surface area contributed by atoms with E-state index in [1.165, 1.54) is 6.08 Å². The molecule has 34 heavy (non-hydrogen) atoms. The third-order valence-corrected chi connectivity index (χ3v) is 7.23. The maximum absolute atomic E-state index is 10.1. The molecule has 0 aliphatic heterocycles. The van der Waals surface area contributed by atoms with Crippen molar-refractivity contribution >= 4 is 81.1 Å².